The molecular weight excluding hydrogens is 334 g/mol. The first-order chi connectivity index (χ1) is 11.6. The maximum atomic E-state index is 11.3. The average Bonchev–Trinajstić information content (AvgIpc) is 2.96. The Labute approximate surface area is 140 Å². The molecule has 124 valence electrons. The van der Waals surface area contributed by atoms with Gasteiger partial charge in [-0.2, -0.15) is 4.98 Å². The molecule has 10 heteroatoms. The van der Waals surface area contributed by atoms with Gasteiger partial charge in [0.2, 0.25) is 5.82 Å². The molecule has 3 aromatic rings. The zero-order valence-corrected chi connectivity index (χ0v) is 13.7. The minimum Gasteiger partial charge on any atom is -0.497 e. The van der Waals surface area contributed by atoms with Crippen LogP contribution in [0.15, 0.2) is 24.5 Å². The van der Waals surface area contributed by atoms with Crippen molar-refractivity contribution in [2.75, 3.05) is 19.0 Å². The Bertz CT molecular complexity index is 898. The predicted octanol–water partition coefficient (Wildman–Crippen LogP) is 3.15. The molecule has 2 heterocycles. The van der Waals surface area contributed by atoms with Crippen LogP contribution >= 0.6 is 11.3 Å². The van der Waals surface area contributed by atoms with Crippen LogP contribution in [0, 0.1) is 10.1 Å². The van der Waals surface area contributed by atoms with Gasteiger partial charge < -0.3 is 14.8 Å². The topological polar surface area (TPSA) is 112 Å². The second kappa shape index (κ2) is 6.62. The minimum absolute atomic E-state index is 0.0319. The molecule has 0 bridgehead atoms. The Morgan fingerprint density at radius 3 is 2.92 bits per heavy atom. The lowest BCUT2D eigenvalue weighted by atomic mass is 10.3. The molecule has 0 aliphatic heterocycles. The van der Waals surface area contributed by atoms with Crippen molar-refractivity contribution in [3.63, 3.8) is 0 Å². The molecule has 0 amide bonds. The number of hydrogen-bond donors (Lipinski definition) is 1. The summed E-state index contributed by atoms with van der Waals surface area (Å²) in [6.07, 6.45) is 1.21. The SMILES string of the molecule is CCOc1ncnc(Nc2nc3ccc(OC)cc3s2)c1[N+](=O)[O-]. The van der Waals surface area contributed by atoms with Crippen LogP contribution in [0.25, 0.3) is 10.2 Å². The maximum absolute atomic E-state index is 11.3. The summed E-state index contributed by atoms with van der Waals surface area (Å²) in [4.78, 5) is 22.9. The summed E-state index contributed by atoms with van der Waals surface area (Å²) in [6.45, 7) is 1.98. The van der Waals surface area contributed by atoms with Crippen molar-refractivity contribution < 1.29 is 14.4 Å². The van der Waals surface area contributed by atoms with Crippen LogP contribution in [0.4, 0.5) is 16.6 Å². The molecule has 0 saturated heterocycles. The lowest BCUT2D eigenvalue weighted by molar-refractivity contribution is -0.385. The van der Waals surface area contributed by atoms with Gasteiger partial charge in [-0.15, -0.1) is 0 Å². The van der Waals surface area contributed by atoms with E-state index in [1.807, 2.05) is 12.1 Å². The second-order valence-corrected chi connectivity index (χ2v) is 5.57. The number of nitro groups is 1. The van der Waals surface area contributed by atoms with E-state index in [0.29, 0.717) is 10.9 Å². The third-order valence-corrected chi connectivity index (χ3v) is 4.01. The van der Waals surface area contributed by atoms with Gasteiger partial charge in [-0.25, -0.2) is 9.97 Å². The normalized spacial score (nSPS) is 10.6. The third-order valence-electron chi connectivity index (χ3n) is 3.07. The summed E-state index contributed by atoms with van der Waals surface area (Å²) in [6, 6.07) is 5.46. The molecule has 9 nitrogen and oxygen atoms in total. The lowest BCUT2D eigenvalue weighted by Crippen LogP contribution is -2.05. The van der Waals surface area contributed by atoms with Crippen molar-refractivity contribution in [3.8, 4) is 11.6 Å². The quantitative estimate of drug-likeness (QED) is 0.534. The van der Waals surface area contributed by atoms with E-state index in [-0.39, 0.29) is 24.0 Å². The first kappa shape index (κ1) is 15.9. The van der Waals surface area contributed by atoms with Gasteiger partial charge in [0, 0.05) is 0 Å². The zero-order chi connectivity index (χ0) is 17.1. The fourth-order valence-electron chi connectivity index (χ4n) is 2.05. The number of benzene rings is 1. The summed E-state index contributed by atoms with van der Waals surface area (Å²) in [5.41, 5.74) is 0.432. The molecule has 1 N–H and O–H groups in total. The Morgan fingerprint density at radius 2 is 2.21 bits per heavy atom. The summed E-state index contributed by atoms with van der Waals surface area (Å²) >= 11 is 1.34. The highest BCUT2D eigenvalue weighted by Gasteiger charge is 2.25. The van der Waals surface area contributed by atoms with Crippen LogP contribution < -0.4 is 14.8 Å². The number of nitrogens with zero attached hydrogens (tertiary/aromatic N) is 4. The predicted molar refractivity (Wildman–Crippen MR) is 89.3 cm³/mol. The number of hydrogen-bond acceptors (Lipinski definition) is 9. The average molecular weight is 347 g/mol. The number of methoxy groups -OCH3 is 1. The molecule has 0 aliphatic carbocycles. The zero-order valence-electron chi connectivity index (χ0n) is 12.8. The van der Waals surface area contributed by atoms with Gasteiger partial charge in [-0.1, -0.05) is 11.3 Å². The summed E-state index contributed by atoms with van der Waals surface area (Å²) in [5, 5.41) is 14.7. The first-order valence-electron chi connectivity index (χ1n) is 6.96. The molecule has 0 spiro atoms. The molecule has 0 atom stereocenters. The molecular formula is C14H13N5O4S. The highest BCUT2D eigenvalue weighted by atomic mass is 32.1. The molecule has 0 saturated carbocycles. The number of nitrogens with one attached hydrogen (secondary N) is 1. The van der Waals surface area contributed by atoms with Crippen molar-refractivity contribution in [2.45, 2.75) is 6.92 Å². The smallest absolute Gasteiger partial charge is 0.373 e. The van der Waals surface area contributed by atoms with Crippen LogP contribution in [0.3, 0.4) is 0 Å². The van der Waals surface area contributed by atoms with E-state index in [1.165, 1.54) is 17.7 Å². The molecule has 0 unspecified atom stereocenters. The number of thiazole rings is 1. The van der Waals surface area contributed by atoms with E-state index in [0.717, 1.165) is 10.2 Å². The monoisotopic (exact) mass is 347 g/mol. The van der Waals surface area contributed by atoms with Gasteiger partial charge >= 0.3 is 5.69 Å². The van der Waals surface area contributed by atoms with E-state index >= 15 is 0 Å². The molecule has 0 fully saturated rings. The fourth-order valence-corrected chi connectivity index (χ4v) is 2.94. The maximum Gasteiger partial charge on any atom is 0.373 e. The highest BCUT2D eigenvalue weighted by Crippen LogP contribution is 2.35. The highest BCUT2D eigenvalue weighted by molar-refractivity contribution is 7.22. The van der Waals surface area contributed by atoms with Gasteiger partial charge in [-0.3, -0.25) is 10.1 Å². The van der Waals surface area contributed by atoms with Crippen molar-refractivity contribution in [1.82, 2.24) is 15.0 Å². The molecule has 2 aromatic heterocycles. The number of aromatic nitrogens is 3. The second-order valence-electron chi connectivity index (χ2n) is 4.54. The number of fused-ring (bicyclic) bond motifs is 1. The van der Waals surface area contributed by atoms with Crippen LogP contribution in [0.1, 0.15) is 6.92 Å². The molecule has 3 rings (SSSR count). The Hall–Kier alpha value is -3.01. The largest absolute Gasteiger partial charge is 0.497 e. The van der Waals surface area contributed by atoms with Gasteiger partial charge in [0.15, 0.2) is 5.13 Å². The van der Waals surface area contributed by atoms with Gasteiger partial charge in [0.05, 0.1) is 28.9 Å². The molecule has 0 aliphatic rings. The summed E-state index contributed by atoms with van der Waals surface area (Å²) in [7, 11) is 1.58. The van der Waals surface area contributed by atoms with Crippen LogP contribution in [-0.2, 0) is 0 Å². The van der Waals surface area contributed by atoms with Crippen molar-refractivity contribution >= 4 is 38.2 Å². The molecule has 24 heavy (non-hydrogen) atoms. The number of rotatable bonds is 6. The summed E-state index contributed by atoms with van der Waals surface area (Å²) < 4.78 is 11.3. The van der Waals surface area contributed by atoms with Gasteiger partial charge in [-0.05, 0) is 25.1 Å². The minimum atomic E-state index is -0.580. The van der Waals surface area contributed by atoms with Crippen LogP contribution in [0.5, 0.6) is 11.6 Å². The standard InChI is InChI=1S/C14H13N5O4S/c1-3-23-13-11(19(20)21)12(15-7-16-13)18-14-17-9-5-4-8(22-2)6-10(9)24-14/h4-7H,3H2,1-2H3,(H,15,16,17,18). The third kappa shape index (κ3) is 3.04. The number of anilines is 2. The number of ether oxygens (including phenoxy) is 2. The summed E-state index contributed by atoms with van der Waals surface area (Å²) in [5.74, 6) is 0.664. The van der Waals surface area contributed by atoms with E-state index in [1.54, 1.807) is 20.1 Å². The van der Waals surface area contributed by atoms with Crippen molar-refractivity contribution in [2.24, 2.45) is 0 Å². The van der Waals surface area contributed by atoms with Gasteiger partial charge in [0.1, 0.15) is 12.1 Å². The Kier molecular flexibility index (Phi) is 4.38. The molecule has 0 radical (unpaired) electrons. The molecule has 1 aromatic carbocycles. The Morgan fingerprint density at radius 1 is 1.38 bits per heavy atom. The first-order valence-corrected chi connectivity index (χ1v) is 7.77. The van der Waals surface area contributed by atoms with Crippen molar-refractivity contribution in [3.05, 3.63) is 34.6 Å². The lowest BCUT2D eigenvalue weighted by Gasteiger charge is -2.06. The van der Waals surface area contributed by atoms with E-state index in [4.69, 9.17) is 9.47 Å². The van der Waals surface area contributed by atoms with E-state index in [2.05, 4.69) is 20.3 Å². The van der Waals surface area contributed by atoms with E-state index < -0.39 is 4.92 Å². The van der Waals surface area contributed by atoms with E-state index in [9.17, 15) is 10.1 Å². The Balaban J connectivity index is 1.98. The van der Waals surface area contributed by atoms with Crippen LogP contribution in [0.2, 0.25) is 0 Å². The van der Waals surface area contributed by atoms with Crippen LogP contribution in [-0.4, -0.2) is 33.6 Å². The fraction of sp³-hybridized carbons (Fsp3) is 0.214. The van der Waals surface area contributed by atoms with Gasteiger partial charge in [0.25, 0.3) is 5.88 Å². The van der Waals surface area contributed by atoms with Crippen molar-refractivity contribution in [1.29, 1.82) is 0 Å².